The first-order valence-corrected chi connectivity index (χ1v) is 10.4. The van der Waals surface area contributed by atoms with Crippen molar-refractivity contribution in [3.05, 3.63) is 53.6 Å². The maximum atomic E-state index is 12.5. The highest BCUT2D eigenvalue weighted by molar-refractivity contribution is 5.97. The van der Waals surface area contributed by atoms with Gasteiger partial charge in [-0.05, 0) is 24.1 Å². The van der Waals surface area contributed by atoms with Crippen LogP contribution in [0.5, 0.6) is 17.2 Å². The van der Waals surface area contributed by atoms with Crippen LogP contribution in [0.15, 0.2) is 42.5 Å². The lowest BCUT2D eigenvalue weighted by atomic mass is 10.0. The number of hydrogen-bond acceptors (Lipinski definition) is 7. The number of esters is 1. The van der Waals surface area contributed by atoms with Gasteiger partial charge in [0.2, 0.25) is 0 Å². The molecule has 0 radical (unpaired) electrons. The van der Waals surface area contributed by atoms with Gasteiger partial charge in [-0.2, -0.15) is 0 Å². The van der Waals surface area contributed by atoms with Crippen LogP contribution in [0.2, 0.25) is 0 Å². The Balaban J connectivity index is 1.93. The number of benzene rings is 2. The Morgan fingerprint density at radius 2 is 1.48 bits per heavy atom. The molecular formula is C24H30N2O7. The van der Waals surface area contributed by atoms with Crippen molar-refractivity contribution in [3.8, 4) is 17.2 Å². The molecule has 0 aliphatic carbocycles. The highest BCUT2D eigenvalue weighted by Crippen LogP contribution is 2.34. The molecule has 9 nitrogen and oxygen atoms in total. The largest absolute Gasteiger partial charge is 0.496 e. The van der Waals surface area contributed by atoms with Crippen LogP contribution in [0, 0.1) is 5.92 Å². The molecule has 0 heterocycles. The van der Waals surface area contributed by atoms with E-state index in [0.717, 1.165) is 0 Å². The van der Waals surface area contributed by atoms with Crippen LogP contribution in [0.25, 0.3) is 0 Å². The Morgan fingerprint density at radius 1 is 0.879 bits per heavy atom. The van der Waals surface area contributed by atoms with Crippen LogP contribution < -0.4 is 24.8 Å². The van der Waals surface area contributed by atoms with Crippen LogP contribution in [0.4, 0.5) is 0 Å². The molecule has 0 aliphatic heterocycles. The van der Waals surface area contributed by atoms with Crippen molar-refractivity contribution in [2.24, 2.45) is 5.92 Å². The maximum absolute atomic E-state index is 12.5. The first-order chi connectivity index (χ1) is 15.8. The van der Waals surface area contributed by atoms with Crippen LogP contribution in [0.3, 0.4) is 0 Å². The quantitative estimate of drug-likeness (QED) is 0.497. The number of amides is 2. The summed E-state index contributed by atoms with van der Waals surface area (Å²) in [6.45, 7) is 3.19. The van der Waals surface area contributed by atoms with Crippen LogP contribution in [0.1, 0.15) is 29.8 Å². The average Bonchev–Trinajstić information content (AvgIpc) is 2.83. The molecule has 0 unspecified atom stereocenters. The Kier molecular flexibility index (Phi) is 9.53. The molecule has 2 amide bonds. The van der Waals surface area contributed by atoms with Crippen molar-refractivity contribution in [3.63, 3.8) is 0 Å². The van der Waals surface area contributed by atoms with Gasteiger partial charge in [-0.25, -0.2) is 4.79 Å². The smallest absolute Gasteiger partial charge is 0.329 e. The molecule has 0 bridgehead atoms. The van der Waals surface area contributed by atoms with Gasteiger partial charge in [0.25, 0.3) is 11.8 Å². The zero-order valence-corrected chi connectivity index (χ0v) is 19.5. The molecule has 1 atom stereocenters. The third kappa shape index (κ3) is 7.13. The van der Waals surface area contributed by atoms with Gasteiger partial charge in [-0.15, -0.1) is 0 Å². The second-order valence-electron chi connectivity index (χ2n) is 7.46. The summed E-state index contributed by atoms with van der Waals surface area (Å²) in [5.41, 5.74) is 1.09. The Labute approximate surface area is 193 Å². The normalized spacial score (nSPS) is 11.3. The maximum Gasteiger partial charge on any atom is 0.329 e. The zero-order valence-electron chi connectivity index (χ0n) is 19.5. The van der Waals surface area contributed by atoms with Crippen molar-refractivity contribution in [1.82, 2.24) is 10.6 Å². The van der Waals surface area contributed by atoms with E-state index in [0.29, 0.717) is 28.4 Å². The predicted octanol–water partition coefficient (Wildman–Crippen LogP) is 2.33. The molecule has 0 saturated carbocycles. The van der Waals surface area contributed by atoms with E-state index in [1.165, 1.54) is 21.3 Å². The molecule has 0 aromatic heterocycles. The summed E-state index contributed by atoms with van der Waals surface area (Å²) in [5, 5.41) is 5.34. The molecule has 0 fully saturated rings. The van der Waals surface area contributed by atoms with E-state index < -0.39 is 30.4 Å². The molecule has 2 N–H and O–H groups in total. The number of rotatable bonds is 11. The third-order valence-corrected chi connectivity index (χ3v) is 4.85. The van der Waals surface area contributed by atoms with Gasteiger partial charge in [-0.3, -0.25) is 9.59 Å². The number of carbonyl (C=O) groups is 3. The molecule has 9 heteroatoms. The lowest BCUT2D eigenvalue weighted by molar-refractivity contribution is -0.151. The fourth-order valence-electron chi connectivity index (χ4n) is 3.01. The van der Waals surface area contributed by atoms with Gasteiger partial charge in [0.1, 0.15) is 11.8 Å². The number of ether oxygens (including phenoxy) is 4. The van der Waals surface area contributed by atoms with E-state index in [-0.39, 0.29) is 12.5 Å². The van der Waals surface area contributed by atoms with Gasteiger partial charge in [-0.1, -0.05) is 32.0 Å². The molecule has 2 aromatic carbocycles. The lowest BCUT2D eigenvalue weighted by Crippen LogP contribution is -2.46. The summed E-state index contributed by atoms with van der Waals surface area (Å²) in [6, 6.07) is 11.0. The molecule has 178 valence electrons. The molecule has 0 saturated heterocycles. The van der Waals surface area contributed by atoms with Gasteiger partial charge >= 0.3 is 5.97 Å². The van der Waals surface area contributed by atoms with E-state index in [2.05, 4.69) is 10.6 Å². The van der Waals surface area contributed by atoms with Crippen molar-refractivity contribution in [2.45, 2.75) is 26.4 Å². The molecule has 0 spiro atoms. The predicted molar refractivity (Wildman–Crippen MR) is 121 cm³/mol. The average molecular weight is 459 g/mol. The van der Waals surface area contributed by atoms with E-state index in [1.54, 1.807) is 56.3 Å². The summed E-state index contributed by atoms with van der Waals surface area (Å²) in [6.07, 6.45) is 0. The highest BCUT2D eigenvalue weighted by atomic mass is 16.5. The number of hydrogen-bond donors (Lipinski definition) is 2. The van der Waals surface area contributed by atoms with Gasteiger partial charge in [0.05, 0.1) is 21.3 Å². The van der Waals surface area contributed by atoms with Crippen molar-refractivity contribution >= 4 is 17.8 Å². The number of methoxy groups -OCH3 is 3. The minimum atomic E-state index is -0.892. The highest BCUT2D eigenvalue weighted by Gasteiger charge is 2.26. The van der Waals surface area contributed by atoms with Crippen molar-refractivity contribution < 1.29 is 33.3 Å². The molecule has 0 aliphatic rings. The van der Waals surface area contributed by atoms with E-state index in [9.17, 15) is 14.4 Å². The number of carbonyl (C=O) groups excluding carboxylic acids is 3. The molecule has 2 rings (SSSR count). The summed E-state index contributed by atoms with van der Waals surface area (Å²) >= 11 is 0. The summed E-state index contributed by atoms with van der Waals surface area (Å²) in [5.74, 6) is -0.322. The molecule has 2 aromatic rings. The van der Waals surface area contributed by atoms with Crippen LogP contribution in [-0.2, 0) is 20.9 Å². The Morgan fingerprint density at radius 3 is 2.06 bits per heavy atom. The Bertz CT molecular complexity index is 961. The fraction of sp³-hybridized carbons (Fsp3) is 0.375. The third-order valence-electron chi connectivity index (χ3n) is 4.85. The molecule has 33 heavy (non-hydrogen) atoms. The summed E-state index contributed by atoms with van der Waals surface area (Å²) < 4.78 is 21.0. The SMILES string of the molecule is COc1cc(OC)c(OC)cc1CNC(=O)COC(=O)[C@@H](NC(=O)c1ccccc1)C(C)C. The lowest BCUT2D eigenvalue weighted by Gasteiger charge is -2.21. The van der Waals surface area contributed by atoms with Gasteiger partial charge in [0, 0.05) is 23.7 Å². The van der Waals surface area contributed by atoms with Crippen molar-refractivity contribution in [2.75, 3.05) is 27.9 Å². The van der Waals surface area contributed by atoms with Gasteiger partial charge in [0.15, 0.2) is 18.1 Å². The van der Waals surface area contributed by atoms with E-state index >= 15 is 0 Å². The minimum Gasteiger partial charge on any atom is -0.496 e. The molecular weight excluding hydrogens is 428 g/mol. The second-order valence-corrected chi connectivity index (χ2v) is 7.46. The van der Waals surface area contributed by atoms with Crippen molar-refractivity contribution in [1.29, 1.82) is 0 Å². The monoisotopic (exact) mass is 458 g/mol. The van der Waals surface area contributed by atoms with Crippen LogP contribution in [-0.4, -0.2) is 51.8 Å². The summed E-state index contributed by atoms with van der Waals surface area (Å²) in [7, 11) is 4.53. The topological polar surface area (TPSA) is 112 Å². The first-order valence-electron chi connectivity index (χ1n) is 10.4. The van der Waals surface area contributed by atoms with E-state index in [1.807, 2.05) is 0 Å². The fourth-order valence-corrected chi connectivity index (χ4v) is 3.01. The van der Waals surface area contributed by atoms with Crippen LogP contribution >= 0.6 is 0 Å². The minimum absolute atomic E-state index is 0.123. The Hall–Kier alpha value is -3.75. The van der Waals surface area contributed by atoms with Gasteiger partial charge < -0.3 is 29.6 Å². The summed E-state index contributed by atoms with van der Waals surface area (Å²) in [4.78, 5) is 37.2. The standard InChI is InChI=1S/C24H30N2O7/c1-15(2)22(26-23(28)16-9-7-6-8-10-16)24(29)33-14-21(27)25-13-17-11-19(31-4)20(32-5)12-18(17)30-3/h6-12,15,22H,13-14H2,1-5H3,(H,25,27)(H,26,28)/t22-/m0/s1. The first kappa shape index (κ1) is 25.5. The zero-order chi connectivity index (χ0) is 24.4. The van der Waals surface area contributed by atoms with E-state index in [4.69, 9.17) is 18.9 Å². The number of nitrogens with one attached hydrogen (secondary N) is 2. The second kappa shape index (κ2) is 12.3.